The van der Waals surface area contributed by atoms with Crippen LogP contribution in [0.3, 0.4) is 0 Å². The smallest absolute Gasteiger partial charge is 0.205 e. The summed E-state index contributed by atoms with van der Waals surface area (Å²) in [6, 6.07) is 0. The maximum absolute atomic E-state index is 12.3. The van der Waals surface area contributed by atoms with Crippen molar-refractivity contribution in [3.8, 4) is 0 Å². The van der Waals surface area contributed by atoms with Gasteiger partial charge in [-0.05, 0) is 34.8 Å². The summed E-state index contributed by atoms with van der Waals surface area (Å²) in [7, 11) is 0. The summed E-state index contributed by atoms with van der Waals surface area (Å²) in [4.78, 5) is 0. The predicted molar refractivity (Wildman–Crippen MR) is 42.5 cm³/mol. The van der Waals surface area contributed by atoms with Gasteiger partial charge in [0.05, 0.1) is 0 Å². The van der Waals surface area contributed by atoms with E-state index in [1.807, 2.05) is 6.92 Å². The average Bonchev–Trinajstić information content (AvgIpc) is 1.88. The van der Waals surface area contributed by atoms with Crippen molar-refractivity contribution in [2.24, 2.45) is 0 Å². The average molecular weight is 213 g/mol. The monoisotopic (exact) mass is 212 g/mol. The van der Waals surface area contributed by atoms with Gasteiger partial charge in [-0.3, -0.25) is 0 Å². The number of hydrogen-bond donors (Lipinski definition) is 0. The quantitative estimate of drug-likeness (QED) is 0.493. The van der Waals surface area contributed by atoms with Crippen LogP contribution < -0.4 is 0 Å². The lowest BCUT2D eigenvalue weighted by Crippen LogP contribution is -1.86. The van der Waals surface area contributed by atoms with Crippen LogP contribution in [0.25, 0.3) is 0 Å². The highest BCUT2D eigenvalue weighted by molar-refractivity contribution is 9.09. The van der Waals surface area contributed by atoms with Gasteiger partial charge in [0.15, 0.2) is 0 Å². The molecule has 0 aliphatic heterocycles. The summed E-state index contributed by atoms with van der Waals surface area (Å²) in [6.07, 6.45) is 3.81. The predicted octanol–water partition coefficient (Wildman–Crippen LogP) is 3.72. The Morgan fingerprint density at radius 2 is 2.30 bits per heavy atom. The second-order valence-corrected chi connectivity index (χ2v) is 2.84. The summed E-state index contributed by atoms with van der Waals surface area (Å²) >= 11 is 2.48. The van der Waals surface area contributed by atoms with Gasteiger partial charge in [-0.15, -0.1) is 0 Å². The third kappa shape index (κ3) is 4.91. The minimum absolute atomic E-state index is 0.619. The van der Waals surface area contributed by atoms with E-state index in [2.05, 4.69) is 15.9 Å². The van der Waals surface area contributed by atoms with Gasteiger partial charge >= 0.3 is 0 Å². The molecule has 0 fully saturated rings. The van der Waals surface area contributed by atoms with Crippen LogP contribution in [0.1, 0.15) is 26.2 Å². The zero-order valence-electron chi connectivity index (χ0n) is 5.91. The molecule has 0 aromatic rings. The first kappa shape index (κ1) is 10.1. The highest BCUT2D eigenvalue weighted by atomic mass is 79.9. The topological polar surface area (TPSA) is 0 Å². The van der Waals surface area contributed by atoms with Crippen LogP contribution >= 0.6 is 15.9 Å². The zero-order chi connectivity index (χ0) is 7.98. The fraction of sp³-hybridized carbons (Fsp3) is 0.714. The van der Waals surface area contributed by atoms with Gasteiger partial charge in [0.25, 0.3) is 0 Å². The van der Waals surface area contributed by atoms with Crippen molar-refractivity contribution in [1.29, 1.82) is 0 Å². The van der Waals surface area contributed by atoms with E-state index in [9.17, 15) is 8.78 Å². The molecule has 3 heteroatoms. The molecule has 0 amide bonds. The molecule has 0 heterocycles. The Balaban J connectivity index is 3.48. The van der Waals surface area contributed by atoms with E-state index in [-0.39, 0.29) is 0 Å². The number of halogens is 3. The molecule has 0 saturated heterocycles. The van der Waals surface area contributed by atoms with Crippen LogP contribution in [0.2, 0.25) is 0 Å². The second-order valence-electron chi connectivity index (χ2n) is 2.03. The first-order chi connectivity index (χ1) is 4.68. The largest absolute Gasteiger partial charge is 0.227 e. The summed E-state index contributed by atoms with van der Waals surface area (Å²) in [5, 5.41) is -1.62. The molecule has 10 heavy (non-hydrogen) atoms. The van der Waals surface area contributed by atoms with Gasteiger partial charge in [-0.25, -0.2) is 8.78 Å². The van der Waals surface area contributed by atoms with Crippen molar-refractivity contribution >= 4 is 15.9 Å². The van der Waals surface area contributed by atoms with Gasteiger partial charge in [0, 0.05) is 0 Å². The molecule has 0 aliphatic rings. The lowest BCUT2D eigenvalue weighted by atomic mass is 10.2. The van der Waals surface area contributed by atoms with E-state index in [4.69, 9.17) is 0 Å². The first-order valence-electron chi connectivity index (χ1n) is 3.32. The molecule has 0 radical (unpaired) electrons. The molecule has 0 rings (SSSR count). The highest BCUT2D eigenvalue weighted by Gasteiger charge is 2.05. The van der Waals surface area contributed by atoms with Crippen LogP contribution in [-0.2, 0) is 0 Å². The molecule has 0 aromatic carbocycles. The molecule has 0 N–H and O–H groups in total. The Kier molecular flexibility index (Phi) is 5.88. The fourth-order valence-electron chi connectivity index (χ4n) is 0.533. The number of rotatable bonds is 4. The lowest BCUT2D eigenvalue weighted by Gasteiger charge is -1.94. The number of alkyl halides is 2. The third-order valence-electron chi connectivity index (χ3n) is 1.11. The van der Waals surface area contributed by atoms with Crippen molar-refractivity contribution < 1.29 is 8.78 Å². The van der Waals surface area contributed by atoms with Gasteiger partial charge in [-0.2, -0.15) is 0 Å². The van der Waals surface area contributed by atoms with Gasteiger partial charge in [0.1, 0.15) is 5.83 Å². The van der Waals surface area contributed by atoms with Crippen LogP contribution in [0.15, 0.2) is 11.9 Å². The lowest BCUT2D eigenvalue weighted by molar-refractivity contribution is 0.429. The molecule has 0 aromatic heterocycles. The van der Waals surface area contributed by atoms with E-state index in [0.717, 1.165) is 12.8 Å². The van der Waals surface area contributed by atoms with Gasteiger partial charge < -0.3 is 0 Å². The summed E-state index contributed by atoms with van der Waals surface area (Å²) in [5.41, 5.74) is 0. The molecular formula is C7H11BrF2. The van der Waals surface area contributed by atoms with Crippen molar-refractivity contribution in [2.45, 2.75) is 31.3 Å². The molecule has 0 aliphatic carbocycles. The van der Waals surface area contributed by atoms with E-state index in [0.29, 0.717) is 6.42 Å². The van der Waals surface area contributed by atoms with Crippen molar-refractivity contribution in [3.63, 3.8) is 0 Å². The van der Waals surface area contributed by atoms with Crippen LogP contribution in [0.5, 0.6) is 0 Å². The fourth-order valence-corrected chi connectivity index (χ4v) is 0.720. The molecule has 1 unspecified atom stereocenters. The van der Waals surface area contributed by atoms with Crippen LogP contribution in [-0.4, -0.2) is 5.08 Å². The van der Waals surface area contributed by atoms with E-state index >= 15 is 0 Å². The highest BCUT2D eigenvalue weighted by Crippen LogP contribution is 2.15. The maximum atomic E-state index is 12.3. The number of allylic oxidation sites excluding steroid dienone is 2. The molecule has 1 atom stereocenters. The third-order valence-corrected chi connectivity index (χ3v) is 1.54. The van der Waals surface area contributed by atoms with Crippen LogP contribution in [0, 0.1) is 0 Å². The Hall–Kier alpha value is 0.0800. The SMILES string of the molecule is CCCCC=C(F)C(F)Br. The number of unbranched alkanes of at least 4 members (excludes halogenated alkanes) is 2. The van der Waals surface area contributed by atoms with E-state index < -0.39 is 10.9 Å². The van der Waals surface area contributed by atoms with Gasteiger partial charge in [-0.1, -0.05) is 13.3 Å². The van der Waals surface area contributed by atoms with Crippen molar-refractivity contribution in [3.05, 3.63) is 11.9 Å². The maximum Gasteiger partial charge on any atom is 0.205 e. The van der Waals surface area contributed by atoms with E-state index in [1.54, 1.807) is 0 Å². The van der Waals surface area contributed by atoms with Crippen molar-refractivity contribution in [2.75, 3.05) is 0 Å². The Morgan fingerprint density at radius 3 is 2.70 bits per heavy atom. The normalized spacial score (nSPS) is 15.4. The molecule has 0 nitrogen and oxygen atoms in total. The standard InChI is InChI=1S/C7H11BrF2/c1-2-3-4-5-6(9)7(8)10/h5,7H,2-4H2,1H3. The molecule has 0 spiro atoms. The van der Waals surface area contributed by atoms with Gasteiger partial charge in [0.2, 0.25) is 5.08 Å². The summed E-state index contributed by atoms with van der Waals surface area (Å²) in [6.45, 7) is 2.01. The molecule has 60 valence electrons. The second kappa shape index (κ2) is 5.83. The minimum atomic E-state index is -1.62. The zero-order valence-corrected chi connectivity index (χ0v) is 7.50. The summed E-state index contributed by atoms with van der Waals surface area (Å²) < 4.78 is 24.3. The Morgan fingerprint density at radius 1 is 1.70 bits per heavy atom. The summed E-state index contributed by atoms with van der Waals surface area (Å²) in [5.74, 6) is -0.714. The van der Waals surface area contributed by atoms with E-state index in [1.165, 1.54) is 6.08 Å². The molecule has 0 saturated carbocycles. The van der Waals surface area contributed by atoms with Crippen LogP contribution in [0.4, 0.5) is 8.78 Å². The first-order valence-corrected chi connectivity index (χ1v) is 4.23. The minimum Gasteiger partial charge on any atom is -0.227 e. The number of hydrogen-bond acceptors (Lipinski definition) is 0. The Labute approximate surface area is 68.4 Å². The van der Waals surface area contributed by atoms with Crippen molar-refractivity contribution in [1.82, 2.24) is 0 Å². The Bertz CT molecular complexity index is 110. The molecular weight excluding hydrogens is 202 g/mol. The molecule has 0 bridgehead atoms.